The molecule has 2 rings (SSSR count). The number of nitrogens with one attached hydrogen (secondary N) is 1. The van der Waals surface area contributed by atoms with Crippen molar-refractivity contribution in [2.24, 2.45) is 5.73 Å². The molecule has 7 heteroatoms. The van der Waals surface area contributed by atoms with E-state index in [-0.39, 0.29) is 11.9 Å². The lowest BCUT2D eigenvalue weighted by Gasteiger charge is -2.27. The molecule has 3 amide bonds. The topological polar surface area (TPSA) is 84.7 Å². The molecule has 0 radical (unpaired) electrons. The number of urea groups is 1. The lowest BCUT2D eigenvalue weighted by molar-refractivity contribution is -0.134. The second kappa shape index (κ2) is 6.44. The Balaban J connectivity index is 1.93. The van der Waals surface area contributed by atoms with Crippen LogP contribution in [0.2, 0.25) is 5.02 Å². The molecule has 0 unspecified atom stereocenters. The van der Waals surface area contributed by atoms with E-state index in [2.05, 4.69) is 5.32 Å². The summed E-state index contributed by atoms with van der Waals surface area (Å²) in [5, 5.41) is 3.50. The minimum Gasteiger partial charge on any atom is -0.478 e. The number of rotatable bonds is 4. The Labute approximate surface area is 134 Å². The number of halogens is 1. The Kier molecular flexibility index (Phi) is 4.81. The van der Waals surface area contributed by atoms with Gasteiger partial charge in [-0.2, -0.15) is 0 Å². The SMILES string of the molecule is CC(C)(Oc1ccc(Cl)cc1)C(=O)N[C@H]1CCN(C(N)=O)C1. The molecule has 0 bridgehead atoms. The highest BCUT2D eigenvalue weighted by molar-refractivity contribution is 6.30. The first-order valence-corrected chi connectivity index (χ1v) is 7.45. The number of nitrogens with two attached hydrogens (primary N) is 1. The van der Waals surface area contributed by atoms with E-state index in [0.717, 1.165) is 0 Å². The fourth-order valence-corrected chi connectivity index (χ4v) is 2.41. The zero-order valence-electron chi connectivity index (χ0n) is 12.6. The van der Waals surface area contributed by atoms with E-state index in [1.165, 1.54) is 4.90 Å². The molecule has 0 aromatic heterocycles. The summed E-state index contributed by atoms with van der Waals surface area (Å²) in [5.41, 5.74) is 4.20. The van der Waals surface area contributed by atoms with Crippen LogP contribution in [0.3, 0.4) is 0 Å². The van der Waals surface area contributed by atoms with Crippen molar-refractivity contribution in [3.05, 3.63) is 29.3 Å². The van der Waals surface area contributed by atoms with Gasteiger partial charge in [-0.05, 0) is 44.5 Å². The van der Waals surface area contributed by atoms with Crippen molar-refractivity contribution in [1.29, 1.82) is 0 Å². The molecule has 1 aromatic carbocycles. The summed E-state index contributed by atoms with van der Waals surface area (Å²) in [6, 6.07) is 6.25. The molecule has 1 aliphatic heterocycles. The summed E-state index contributed by atoms with van der Waals surface area (Å²) in [7, 11) is 0. The van der Waals surface area contributed by atoms with Crippen molar-refractivity contribution in [2.45, 2.75) is 31.9 Å². The number of ether oxygens (including phenoxy) is 1. The third-order valence-electron chi connectivity index (χ3n) is 3.57. The van der Waals surface area contributed by atoms with Gasteiger partial charge in [0.2, 0.25) is 0 Å². The summed E-state index contributed by atoms with van der Waals surface area (Å²) in [6.07, 6.45) is 0.686. The van der Waals surface area contributed by atoms with Gasteiger partial charge in [-0.25, -0.2) is 4.79 Å². The van der Waals surface area contributed by atoms with Gasteiger partial charge in [0, 0.05) is 24.2 Å². The molecular formula is C15H20ClN3O3. The van der Waals surface area contributed by atoms with Gasteiger partial charge >= 0.3 is 6.03 Å². The number of amides is 3. The van der Waals surface area contributed by atoms with Crippen molar-refractivity contribution < 1.29 is 14.3 Å². The lowest BCUT2D eigenvalue weighted by Crippen LogP contribution is -2.51. The van der Waals surface area contributed by atoms with Crippen molar-refractivity contribution in [3.63, 3.8) is 0 Å². The maximum absolute atomic E-state index is 12.4. The Hall–Kier alpha value is -1.95. The molecule has 3 N–H and O–H groups in total. The van der Waals surface area contributed by atoms with E-state index >= 15 is 0 Å². The van der Waals surface area contributed by atoms with Crippen LogP contribution in [0.15, 0.2) is 24.3 Å². The molecule has 1 saturated heterocycles. The standard InChI is InChI=1S/C15H20ClN3O3/c1-15(2,22-12-5-3-10(16)4-6-12)13(20)18-11-7-8-19(9-11)14(17)21/h3-6,11H,7-9H2,1-2H3,(H2,17,21)(H,18,20)/t11-/m0/s1. The van der Waals surface area contributed by atoms with Crippen molar-refractivity contribution in [1.82, 2.24) is 10.2 Å². The van der Waals surface area contributed by atoms with Gasteiger partial charge in [0.15, 0.2) is 5.60 Å². The van der Waals surface area contributed by atoms with Crippen LogP contribution in [-0.4, -0.2) is 41.6 Å². The zero-order valence-corrected chi connectivity index (χ0v) is 13.4. The summed E-state index contributed by atoms with van der Waals surface area (Å²) >= 11 is 5.82. The first kappa shape index (κ1) is 16.4. The van der Waals surface area contributed by atoms with E-state index in [1.54, 1.807) is 38.1 Å². The molecule has 1 aliphatic rings. The quantitative estimate of drug-likeness (QED) is 0.884. The van der Waals surface area contributed by atoms with Crippen molar-refractivity contribution >= 4 is 23.5 Å². The average Bonchev–Trinajstić information content (AvgIpc) is 2.90. The monoisotopic (exact) mass is 325 g/mol. The largest absolute Gasteiger partial charge is 0.478 e. The molecule has 1 aromatic rings. The Morgan fingerprint density at radius 3 is 2.55 bits per heavy atom. The number of hydrogen-bond donors (Lipinski definition) is 2. The number of carbonyl (C=O) groups is 2. The second-order valence-electron chi connectivity index (χ2n) is 5.81. The van der Waals surface area contributed by atoms with Crippen LogP contribution in [0, 0.1) is 0 Å². The minimum absolute atomic E-state index is 0.104. The first-order valence-electron chi connectivity index (χ1n) is 7.08. The van der Waals surface area contributed by atoms with Crippen LogP contribution < -0.4 is 15.8 Å². The summed E-state index contributed by atoms with van der Waals surface area (Å²) in [6.45, 7) is 4.37. The van der Waals surface area contributed by atoms with Crippen molar-refractivity contribution in [3.8, 4) is 5.75 Å². The Bertz CT molecular complexity index is 560. The molecule has 1 heterocycles. The van der Waals surface area contributed by atoms with Crippen LogP contribution in [-0.2, 0) is 4.79 Å². The molecular weight excluding hydrogens is 306 g/mol. The fourth-order valence-electron chi connectivity index (χ4n) is 2.28. The molecule has 6 nitrogen and oxygen atoms in total. The van der Waals surface area contributed by atoms with Gasteiger partial charge in [0.1, 0.15) is 5.75 Å². The maximum atomic E-state index is 12.4. The predicted octanol–water partition coefficient (Wildman–Crippen LogP) is 1.77. The smallest absolute Gasteiger partial charge is 0.314 e. The van der Waals surface area contributed by atoms with Crippen LogP contribution in [0.4, 0.5) is 4.79 Å². The van der Waals surface area contributed by atoms with Crippen molar-refractivity contribution in [2.75, 3.05) is 13.1 Å². The van der Waals surface area contributed by atoms with E-state index in [1.807, 2.05) is 0 Å². The number of benzene rings is 1. The van der Waals surface area contributed by atoms with Crippen LogP contribution >= 0.6 is 11.6 Å². The molecule has 0 spiro atoms. The highest BCUT2D eigenvalue weighted by Gasteiger charge is 2.34. The van der Waals surface area contributed by atoms with E-state index in [0.29, 0.717) is 30.3 Å². The molecule has 1 atom stereocenters. The molecule has 120 valence electrons. The summed E-state index contributed by atoms with van der Waals surface area (Å²) in [4.78, 5) is 25.0. The Morgan fingerprint density at radius 1 is 1.36 bits per heavy atom. The van der Waals surface area contributed by atoms with Gasteiger partial charge in [-0.3, -0.25) is 4.79 Å². The lowest BCUT2D eigenvalue weighted by atomic mass is 10.1. The molecule has 22 heavy (non-hydrogen) atoms. The minimum atomic E-state index is -1.03. The van der Waals surface area contributed by atoms with Gasteiger partial charge in [-0.15, -0.1) is 0 Å². The Morgan fingerprint density at radius 2 is 2.00 bits per heavy atom. The van der Waals surface area contributed by atoms with Gasteiger partial charge in [0.25, 0.3) is 5.91 Å². The van der Waals surface area contributed by atoms with Crippen LogP contribution in [0.5, 0.6) is 5.75 Å². The highest BCUT2D eigenvalue weighted by atomic mass is 35.5. The second-order valence-corrected chi connectivity index (χ2v) is 6.25. The number of primary amides is 1. The van der Waals surface area contributed by atoms with Gasteiger partial charge in [0.05, 0.1) is 0 Å². The molecule has 1 fully saturated rings. The van der Waals surface area contributed by atoms with Gasteiger partial charge < -0.3 is 20.7 Å². The average molecular weight is 326 g/mol. The number of carbonyl (C=O) groups excluding carboxylic acids is 2. The molecule has 0 saturated carbocycles. The van der Waals surface area contributed by atoms with Crippen LogP contribution in [0.25, 0.3) is 0 Å². The van der Waals surface area contributed by atoms with E-state index < -0.39 is 11.6 Å². The predicted molar refractivity (Wildman–Crippen MR) is 83.9 cm³/mol. The maximum Gasteiger partial charge on any atom is 0.314 e. The normalized spacial score (nSPS) is 18.1. The third kappa shape index (κ3) is 4.04. The highest BCUT2D eigenvalue weighted by Crippen LogP contribution is 2.21. The van der Waals surface area contributed by atoms with E-state index in [4.69, 9.17) is 22.1 Å². The number of nitrogens with zero attached hydrogens (tertiary/aromatic N) is 1. The van der Waals surface area contributed by atoms with Crippen LogP contribution in [0.1, 0.15) is 20.3 Å². The van der Waals surface area contributed by atoms with E-state index in [9.17, 15) is 9.59 Å². The zero-order chi connectivity index (χ0) is 16.3. The summed E-state index contributed by atoms with van der Waals surface area (Å²) in [5.74, 6) is 0.327. The third-order valence-corrected chi connectivity index (χ3v) is 3.82. The van der Waals surface area contributed by atoms with Gasteiger partial charge in [-0.1, -0.05) is 11.6 Å². The summed E-state index contributed by atoms with van der Waals surface area (Å²) < 4.78 is 5.73. The number of hydrogen-bond acceptors (Lipinski definition) is 3. The fraction of sp³-hybridized carbons (Fsp3) is 0.467. The molecule has 0 aliphatic carbocycles. The number of likely N-dealkylation sites (tertiary alicyclic amines) is 1. The first-order chi connectivity index (χ1) is 10.3.